The lowest BCUT2D eigenvalue weighted by atomic mass is 9.98. The van der Waals surface area contributed by atoms with Gasteiger partial charge in [0.2, 0.25) is 11.8 Å². The Balaban J connectivity index is 1.94. The summed E-state index contributed by atoms with van der Waals surface area (Å²) in [6.07, 6.45) is 0.248. The zero-order valence-corrected chi connectivity index (χ0v) is 10.3. The summed E-state index contributed by atoms with van der Waals surface area (Å²) >= 11 is 0. The highest BCUT2D eigenvalue weighted by atomic mass is 16.2. The van der Waals surface area contributed by atoms with Crippen molar-refractivity contribution in [1.29, 1.82) is 0 Å². The average Bonchev–Trinajstić information content (AvgIpc) is 2.76. The van der Waals surface area contributed by atoms with Crippen molar-refractivity contribution in [3.63, 3.8) is 0 Å². The van der Waals surface area contributed by atoms with Crippen LogP contribution in [0.25, 0.3) is 0 Å². The zero-order valence-electron chi connectivity index (χ0n) is 10.3. The molecular formula is C16H13NO2. The van der Waals surface area contributed by atoms with Gasteiger partial charge in [-0.1, -0.05) is 48.5 Å². The molecule has 1 aliphatic heterocycles. The van der Waals surface area contributed by atoms with Gasteiger partial charge in [0.15, 0.2) is 0 Å². The van der Waals surface area contributed by atoms with Crippen molar-refractivity contribution < 1.29 is 9.59 Å². The second-order valence-corrected chi connectivity index (χ2v) is 4.57. The van der Waals surface area contributed by atoms with E-state index in [2.05, 4.69) is 0 Å². The molecule has 19 heavy (non-hydrogen) atoms. The third-order valence-corrected chi connectivity index (χ3v) is 3.36. The Morgan fingerprint density at radius 3 is 2.05 bits per heavy atom. The molecule has 2 aromatic carbocycles. The number of amides is 2. The molecule has 0 aliphatic carbocycles. The van der Waals surface area contributed by atoms with Crippen LogP contribution in [0, 0.1) is 0 Å². The van der Waals surface area contributed by atoms with Crippen LogP contribution in [0.15, 0.2) is 60.7 Å². The maximum absolute atomic E-state index is 12.4. The Morgan fingerprint density at radius 1 is 0.842 bits per heavy atom. The molecule has 0 radical (unpaired) electrons. The number of benzene rings is 2. The van der Waals surface area contributed by atoms with Gasteiger partial charge in [0, 0.05) is 6.42 Å². The van der Waals surface area contributed by atoms with Crippen molar-refractivity contribution >= 4 is 17.5 Å². The van der Waals surface area contributed by atoms with E-state index in [1.54, 1.807) is 12.1 Å². The number of imide groups is 1. The van der Waals surface area contributed by atoms with Crippen LogP contribution in [0.2, 0.25) is 0 Å². The van der Waals surface area contributed by atoms with Crippen LogP contribution in [0.5, 0.6) is 0 Å². The van der Waals surface area contributed by atoms with Crippen LogP contribution >= 0.6 is 0 Å². The lowest BCUT2D eigenvalue weighted by molar-refractivity contribution is -0.121. The van der Waals surface area contributed by atoms with Gasteiger partial charge in [0.05, 0.1) is 11.6 Å². The fraction of sp³-hybridized carbons (Fsp3) is 0.125. The molecular weight excluding hydrogens is 238 g/mol. The smallest absolute Gasteiger partial charge is 0.241 e. The number of nitrogens with zero attached hydrogens (tertiary/aromatic N) is 1. The van der Waals surface area contributed by atoms with Crippen molar-refractivity contribution in [2.75, 3.05) is 4.90 Å². The maximum Gasteiger partial charge on any atom is 0.241 e. The first-order chi connectivity index (χ1) is 9.27. The molecule has 3 rings (SSSR count). The third-order valence-electron chi connectivity index (χ3n) is 3.36. The van der Waals surface area contributed by atoms with E-state index < -0.39 is 0 Å². The number of anilines is 1. The fourth-order valence-electron chi connectivity index (χ4n) is 2.43. The highest BCUT2D eigenvalue weighted by Crippen LogP contribution is 2.32. The first kappa shape index (κ1) is 11.7. The van der Waals surface area contributed by atoms with Gasteiger partial charge in [-0.25, -0.2) is 0 Å². The minimum absolute atomic E-state index is 0.134. The van der Waals surface area contributed by atoms with E-state index in [0.29, 0.717) is 5.69 Å². The molecule has 3 nitrogen and oxygen atoms in total. The summed E-state index contributed by atoms with van der Waals surface area (Å²) in [6, 6.07) is 18.5. The van der Waals surface area contributed by atoms with E-state index in [1.807, 2.05) is 48.5 Å². The van der Waals surface area contributed by atoms with Crippen LogP contribution in [0.4, 0.5) is 5.69 Å². The molecule has 0 aromatic heterocycles. The fourth-order valence-corrected chi connectivity index (χ4v) is 2.43. The van der Waals surface area contributed by atoms with Gasteiger partial charge >= 0.3 is 0 Å². The summed E-state index contributed by atoms with van der Waals surface area (Å²) in [7, 11) is 0. The molecule has 1 fully saturated rings. The number of rotatable bonds is 2. The molecule has 1 aliphatic rings. The second kappa shape index (κ2) is 4.69. The molecule has 0 bridgehead atoms. The summed E-state index contributed by atoms with van der Waals surface area (Å²) in [4.78, 5) is 25.8. The largest absolute Gasteiger partial charge is 0.274 e. The molecule has 1 unspecified atom stereocenters. The Kier molecular flexibility index (Phi) is 2.88. The highest BCUT2D eigenvalue weighted by molar-refractivity contribution is 6.22. The van der Waals surface area contributed by atoms with Gasteiger partial charge in [-0.15, -0.1) is 0 Å². The van der Waals surface area contributed by atoms with Crippen LogP contribution in [0.3, 0.4) is 0 Å². The first-order valence-electron chi connectivity index (χ1n) is 6.24. The van der Waals surface area contributed by atoms with Gasteiger partial charge in [-0.3, -0.25) is 14.5 Å². The molecule has 0 spiro atoms. The first-order valence-corrected chi connectivity index (χ1v) is 6.24. The van der Waals surface area contributed by atoms with Crippen molar-refractivity contribution in [2.24, 2.45) is 0 Å². The Hall–Kier alpha value is -2.42. The number of hydrogen-bond donors (Lipinski definition) is 0. The summed E-state index contributed by atoms with van der Waals surface area (Å²) in [5.41, 5.74) is 1.55. The molecule has 94 valence electrons. The van der Waals surface area contributed by atoms with Gasteiger partial charge in [0.25, 0.3) is 0 Å². The monoisotopic (exact) mass is 251 g/mol. The predicted octanol–water partition coefficient (Wildman–Crippen LogP) is 2.73. The average molecular weight is 251 g/mol. The standard InChI is InChI=1S/C16H13NO2/c18-15-11-14(12-7-3-1-4-8-12)16(19)17(15)13-9-5-2-6-10-13/h1-10,14H,11H2. The van der Waals surface area contributed by atoms with Crippen molar-refractivity contribution in [2.45, 2.75) is 12.3 Å². The molecule has 3 heteroatoms. The van der Waals surface area contributed by atoms with Crippen molar-refractivity contribution in [3.8, 4) is 0 Å². The highest BCUT2D eigenvalue weighted by Gasteiger charge is 2.40. The summed E-state index contributed by atoms with van der Waals surface area (Å²) in [5, 5.41) is 0. The number of carbonyl (C=O) groups excluding carboxylic acids is 2. The Labute approximate surface area is 111 Å². The Bertz CT molecular complexity index is 607. The molecule has 2 amide bonds. The number of para-hydroxylation sites is 1. The minimum atomic E-state index is -0.353. The van der Waals surface area contributed by atoms with E-state index in [4.69, 9.17) is 0 Å². The summed E-state index contributed by atoms with van der Waals surface area (Å²) < 4.78 is 0. The number of carbonyl (C=O) groups is 2. The molecule has 1 atom stereocenters. The zero-order chi connectivity index (χ0) is 13.2. The summed E-state index contributed by atoms with van der Waals surface area (Å²) in [5.74, 6) is -0.624. The van der Waals surface area contributed by atoms with Crippen molar-refractivity contribution in [3.05, 3.63) is 66.2 Å². The second-order valence-electron chi connectivity index (χ2n) is 4.57. The van der Waals surface area contributed by atoms with Gasteiger partial charge < -0.3 is 0 Å². The Morgan fingerprint density at radius 2 is 1.42 bits per heavy atom. The SMILES string of the molecule is O=C1CC(c2ccccc2)C(=O)N1c1ccccc1. The molecule has 1 heterocycles. The van der Waals surface area contributed by atoms with Gasteiger partial charge in [0.1, 0.15) is 0 Å². The van der Waals surface area contributed by atoms with E-state index >= 15 is 0 Å². The van der Waals surface area contributed by atoms with Crippen molar-refractivity contribution in [1.82, 2.24) is 0 Å². The summed E-state index contributed by atoms with van der Waals surface area (Å²) in [6.45, 7) is 0. The molecule has 0 N–H and O–H groups in total. The van der Waals surface area contributed by atoms with E-state index in [9.17, 15) is 9.59 Å². The molecule has 1 saturated heterocycles. The van der Waals surface area contributed by atoms with Crippen LogP contribution < -0.4 is 4.90 Å². The van der Waals surface area contributed by atoms with E-state index in [1.165, 1.54) is 4.90 Å². The predicted molar refractivity (Wildman–Crippen MR) is 72.7 cm³/mol. The molecule has 2 aromatic rings. The third kappa shape index (κ3) is 2.03. The lowest BCUT2D eigenvalue weighted by Gasteiger charge is -2.14. The lowest BCUT2D eigenvalue weighted by Crippen LogP contribution is -2.29. The van der Waals surface area contributed by atoms with Gasteiger partial charge in [-0.05, 0) is 17.7 Å². The van der Waals surface area contributed by atoms with Crippen LogP contribution in [0.1, 0.15) is 17.9 Å². The van der Waals surface area contributed by atoms with Crippen LogP contribution in [-0.2, 0) is 9.59 Å². The normalized spacial score (nSPS) is 18.9. The minimum Gasteiger partial charge on any atom is -0.274 e. The topological polar surface area (TPSA) is 37.4 Å². The van der Waals surface area contributed by atoms with E-state index in [0.717, 1.165) is 5.56 Å². The van der Waals surface area contributed by atoms with Gasteiger partial charge in [-0.2, -0.15) is 0 Å². The number of hydrogen-bond acceptors (Lipinski definition) is 2. The van der Waals surface area contributed by atoms with Crippen LogP contribution in [-0.4, -0.2) is 11.8 Å². The quantitative estimate of drug-likeness (QED) is 0.770. The maximum atomic E-state index is 12.4. The van der Waals surface area contributed by atoms with E-state index in [-0.39, 0.29) is 24.2 Å². The molecule has 0 saturated carbocycles.